The van der Waals surface area contributed by atoms with Gasteiger partial charge in [0.2, 0.25) is 0 Å². The highest BCUT2D eigenvalue weighted by molar-refractivity contribution is 14.1. The zero-order valence-electron chi connectivity index (χ0n) is 9.32. The number of alkyl halides is 1. The van der Waals surface area contributed by atoms with E-state index < -0.39 is 14.9 Å². The molecule has 3 nitrogen and oxygen atoms in total. The van der Waals surface area contributed by atoms with Crippen molar-refractivity contribution in [2.24, 2.45) is 0 Å². The predicted octanol–water partition coefficient (Wildman–Crippen LogP) is 2.97. The summed E-state index contributed by atoms with van der Waals surface area (Å²) in [4.78, 5) is 1.72. The Labute approximate surface area is 119 Å². The van der Waals surface area contributed by atoms with E-state index in [1.807, 2.05) is 18.9 Å². The Morgan fingerprint density at radius 1 is 1.53 bits per heavy atom. The molecule has 1 rings (SSSR count). The van der Waals surface area contributed by atoms with Gasteiger partial charge in [-0.25, -0.2) is 12.8 Å². The van der Waals surface area contributed by atoms with E-state index in [1.54, 1.807) is 0 Å². The number of rotatable bonds is 4. The van der Waals surface area contributed by atoms with Crippen LogP contribution in [-0.2, 0) is 15.6 Å². The third kappa shape index (κ3) is 4.35. The Morgan fingerprint density at radius 2 is 2.12 bits per heavy atom. The zero-order chi connectivity index (χ0) is 13.2. The van der Waals surface area contributed by atoms with Gasteiger partial charge in [0.15, 0.2) is 0 Å². The van der Waals surface area contributed by atoms with Crippen LogP contribution in [0.1, 0.15) is 12.5 Å². The summed E-state index contributed by atoms with van der Waals surface area (Å²) in [7, 11) is 3.13. The molecule has 0 heterocycles. The van der Waals surface area contributed by atoms with Gasteiger partial charge in [0, 0.05) is 22.8 Å². The van der Waals surface area contributed by atoms with Gasteiger partial charge in [0.25, 0.3) is 9.05 Å². The lowest BCUT2D eigenvalue weighted by Gasteiger charge is -2.19. The fourth-order valence-electron chi connectivity index (χ4n) is 1.20. The van der Waals surface area contributed by atoms with Gasteiger partial charge >= 0.3 is 0 Å². The smallest absolute Gasteiger partial charge is 0.261 e. The topological polar surface area (TPSA) is 37.4 Å². The van der Waals surface area contributed by atoms with Crippen molar-refractivity contribution >= 4 is 42.3 Å². The predicted molar refractivity (Wildman–Crippen MR) is 74.4 cm³/mol. The molecule has 0 radical (unpaired) electrons. The first-order valence-corrected chi connectivity index (χ1v) is 8.34. The minimum Gasteiger partial charge on any atom is -0.291 e. The number of halogens is 3. The summed E-state index contributed by atoms with van der Waals surface area (Å²) in [6, 6.07) is 3.70. The number of hydrogen-bond donors (Lipinski definition) is 0. The molecule has 0 amide bonds. The van der Waals surface area contributed by atoms with Crippen LogP contribution < -0.4 is 0 Å². The van der Waals surface area contributed by atoms with Crippen LogP contribution in [0.3, 0.4) is 0 Å². The van der Waals surface area contributed by atoms with E-state index in [2.05, 4.69) is 22.6 Å². The lowest BCUT2D eigenvalue weighted by Crippen LogP contribution is -2.23. The van der Waals surface area contributed by atoms with Crippen LogP contribution in [0.2, 0.25) is 0 Å². The number of nitrogens with zero attached hydrogens (tertiary/aromatic N) is 1. The van der Waals surface area contributed by atoms with Gasteiger partial charge in [-0.3, -0.25) is 4.90 Å². The number of hydrogen-bond acceptors (Lipinski definition) is 3. The summed E-state index contributed by atoms with van der Waals surface area (Å²) in [5.41, 5.74) is 0.445. The zero-order valence-corrected chi connectivity index (χ0v) is 13.1. The SMILES string of the molecule is CC(I)N(C)Cc1ccc(S(=O)(=O)Cl)cc1F. The van der Waals surface area contributed by atoms with Crippen molar-refractivity contribution in [1.82, 2.24) is 4.90 Å². The minimum atomic E-state index is -3.87. The molecule has 1 aromatic carbocycles. The molecular formula is C10H12ClFINO2S. The molecule has 7 heteroatoms. The van der Waals surface area contributed by atoms with Gasteiger partial charge < -0.3 is 0 Å². The molecule has 0 N–H and O–H groups in total. The molecule has 1 unspecified atom stereocenters. The lowest BCUT2D eigenvalue weighted by molar-refractivity contribution is 0.325. The van der Waals surface area contributed by atoms with Crippen molar-refractivity contribution in [3.63, 3.8) is 0 Å². The van der Waals surface area contributed by atoms with E-state index >= 15 is 0 Å². The Hall–Kier alpha value is 0.0800. The minimum absolute atomic E-state index is 0.217. The fraction of sp³-hybridized carbons (Fsp3) is 0.400. The molecule has 0 aliphatic carbocycles. The molecule has 0 bridgehead atoms. The van der Waals surface area contributed by atoms with E-state index in [0.29, 0.717) is 12.1 Å². The molecule has 1 aromatic rings. The molecule has 0 saturated heterocycles. The second-order valence-electron chi connectivity index (χ2n) is 3.68. The van der Waals surface area contributed by atoms with Crippen LogP contribution in [0.15, 0.2) is 23.1 Å². The van der Waals surface area contributed by atoms with Gasteiger partial charge in [-0.2, -0.15) is 0 Å². The standard InChI is InChI=1S/C10H12ClFINO2S/c1-7(13)14(2)6-8-3-4-9(5-10(8)12)17(11,15)16/h3-5,7H,6H2,1-2H3. The molecule has 0 saturated carbocycles. The third-order valence-corrected chi connectivity index (χ3v) is 4.64. The lowest BCUT2D eigenvalue weighted by atomic mass is 10.2. The second kappa shape index (κ2) is 5.81. The third-order valence-electron chi connectivity index (χ3n) is 2.33. The molecule has 0 aromatic heterocycles. The molecule has 96 valence electrons. The first-order chi connectivity index (χ1) is 7.71. The molecular weight excluding hydrogens is 380 g/mol. The van der Waals surface area contributed by atoms with Gasteiger partial charge in [-0.15, -0.1) is 0 Å². The van der Waals surface area contributed by atoms with E-state index in [1.165, 1.54) is 12.1 Å². The summed E-state index contributed by atoms with van der Waals surface area (Å²) in [5, 5.41) is 0. The Balaban J connectivity index is 2.99. The van der Waals surface area contributed by atoms with E-state index in [0.717, 1.165) is 6.07 Å². The van der Waals surface area contributed by atoms with Crippen molar-refractivity contribution in [1.29, 1.82) is 0 Å². The Kier molecular flexibility index (Phi) is 5.18. The first kappa shape index (κ1) is 15.1. The van der Waals surface area contributed by atoms with E-state index in [9.17, 15) is 12.8 Å². The summed E-state index contributed by atoms with van der Waals surface area (Å²) < 4.78 is 35.9. The highest BCUT2D eigenvalue weighted by atomic mass is 127. The largest absolute Gasteiger partial charge is 0.291 e. The molecule has 0 spiro atoms. The first-order valence-electron chi connectivity index (χ1n) is 4.79. The van der Waals surface area contributed by atoms with Crippen LogP contribution in [0.25, 0.3) is 0 Å². The van der Waals surface area contributed by atoms with Crippen LogP contribution >= 0.6 is 33.3 Å². The van der Waals surface area contributed by atoms with E-state index in [4.69, 9.17) is 10.7 Å². The fourth-order valence-corrected chi connectivity index (χ4v) is 2.16. The molecule has 0 fully saturated rings. The highest BCUT2D eigenvalue weighted by Crippen LogP contribution is 2.20. The summed E-state index contributed by atoms with van der Waals surface area (Å²) in [5.74, 6) is -0.560. The van der Waals surface area contributed by atoms with Crippen molar-refractivity contribution < 1.29 is 12.8 Å². The Bertz CT molecular complexity index is 507. The van der Waals surface area contributed by atoms with Crippen molar-refractivity contribution in [3.8, 4) is 0 Å². The van der Waals surface area contributed by atoms with Crippen molar-refractivity contribution in [3.05, 3.63) is 29.6 Å². The number of benzene rings is 1. The van der Waals surface area contributed by atoms with Crippen LogP contribution in [0.4, 0.5) is 4.39 Å². The second-order valence-corrected chi connectivity index (χ2v) is 8.05. The maximum Gasteiger partial charge on any atom is 0.261 e. The average Bonchev–Trinajstić information content (AvgIpc) is 2.19. The molecule has 17 heavy (non-hydrogen) atoms. The van der Waals surface area contributed by atoms with Crippen LogP contribution in [0, 0.1) is 5.82 Å². The van der Waals surface area contributed by atoms with Gasteiger partial charge in [0.05, 0.1) is 8.94 Å². The quantitative estimate of drug-likeness (QED) is 0.343. The summed E-state index contributed by atoms with van der Waals surface area (Å²) in [6.45, 7) is 2.40. The van der Waals surface area contributed by atoms with Crippen LogP contribution in [0.5, 0.6) is 0 Å². The van der Waals surface area contributed by atoms with Gasteiger partial charge in [-0.05, 0) is 26.1 Å². The Morgan fingerprint density at radius 3 is 2.53 bits per heavy atom. The monoisotopic (exact) mass is 391 g/mol. The van der Waals surface area contributed by atoms with Gasteiger partial charge in [0.1, 0.15) is 5.82 Å². The van der Waals surface area contributed by atoms with Crippen molar-refractivity contribution in [2.45, 2.75) is 22.4 Å². The summed E-state index contributed by atoms with van der Waals surface area (Å²) in [6.07, 6.45) is 0. The van der Waals surface area contributed by atoms with Crippen molar-refractivity contribution in [2.75, 3.05) is 7.05 Å². The average molecular weight is 392 g/mol. The molecule has 1 atom stereocenters. The maximum absolute atomic E-state index is 13.7. The van der Waals surface area contributed by atoms with Gasteiger partial charge in [-0.1, -0.05) is 28.7 Å². The summed E-state index contributed by atoms with van der Waals surface area (Å²) >= 11 is 2.21. The molecule has 0 aliphatic heterocycles. The highest BCUT2D eigenvalue weighted by Gasteiger charge is 2.14. The van der Waals surface area contributed by atoms with Crippen LogP contribution in [-0.4, -0.2) is 24.4 Å². The molecule has 0 aliphatic rings. The maximum atomic E-state index is 13.7. The normalized spacial score (nSPS) is 14.0. The van der Waals surface area contributed by atoms with E-state index in [-0.39, 0.29) is 8.94 Å².